The maximum atomic E-state index is 12.5. The monoisotopic (exact) mass is 278 g/mol. The van der Waals surface area contributed by atoms with Crippen LogP contribution >= 0.6 is 0 Å². The van der Waals surface area contributed by atoms with E-state index >= 15 is 0 Å². The van der Waals surface area contributed by atoms with Crippen LogP contribution < -0.4 is 5.73 Å². The molecule has 0 radical (unpaired) electrons. The van der Waals surface area contributed by atoms with Crippen molar-refractivity contribution in [2.75, 3.05) is 6.54 Å². The average molecular weight is 278 g/mol. The molecule has 0 bridgehead atoms. The number of sulfonamides is 1. The van der Waals surface area contributed by atoms with Crippen LogP contribution in [0.15, 0.2) is 24.3 Å². The summed E-state index contributed by atoms with van der Waals surface area (Å²) < 4.78 is 48.5. The van der Waals surface area contributed by atoms with Crippen LogP contribution in [-0.4, -0.2) is 25.0 Å². The summed E-state index contributed by atoms with van der Waals surface area (Å²) in [6.45, 7) is 1.66. The third-order valence-corrected chi connectivity index (χ3v) is 4.18. The van der Waals surface area contributed by atoms with Gasteiger partial charge in [0.1, 0.15) is 0 Å². The molecule has 0 saturated heterocycles. The van der Waals surface area contributed by atoms with E-state index in [2.05, 4.69) is 0 Å². The molecule has 1 aromatic rings. The molecule has 0 aromatic heterocycles. The highest BCUT2D eigenvalue weighted by atomic mass is 32.2. The summed E-state index contributed by atoms with van der Waals surface area (Å²) in [5, 5.41) is 0. The lowest BCUT2D eigenvalue weighted by Gasteiger charge is -2.21. The smallest absolute Gasteiger partial charge is 0.326 e. The second-order valence-electron chi connectivity index (χ2n) is 3.70. The fraction of sp³-hybridized carbons (Fsp3) is 0.455. The first kappa shape index (κ1) is 15.0. The zero-order valence-corrected chi connectivity index (χ0v) is 10.8. The van der Waals surface area contributed by atoms with Gasteiger partial charge in [0.25, 0.3) is 10.0 Å². The predicted molar refractivity (Wildman–Crippen MR) is 65.3 cm³/mol. The molecule has 0 aliphatic heterocycles. The predicted octanol–water partition coefficient (Wildman–Crippen LogP) is 1.52. The Morgan fingerprint density at radius 2 is 1.83 bits per heavy atom. The van der Waals surface area contributed by atoms with Gasteiger partial charge < -0.3 is 5.73 Å². The zero-order valence-electron chi connectivity index (χ0n) is 10.0. The Balaban J connectivity index is 3.00. The Labute approximate surface area is 105 Å². The molecule has 4 nitrogen and oxygen atoms in total. The molecule has 7 heteroatoms. The lowest BCUT2D eigenvalue weighted by molar-refractivity contribution is 0.218. The number of nitrogens with zero attached hydrogens (tertiary/aromatic N) is 1. The van der Waals surface area contributed by atoms with E-state index in [0.29, 0.717) is 5.56 Å². The van der Waals surface area contributed by atoms with E-state index in [1.807, 2.05) is 0 Å². The Bertz CT molecular complexity index is 492. The maximum Gasteiger partial charge on any atom is 0.350 e. The fourth-order valence-corrected chi connectivity index (χ4v) is 2.50. The molecule has 0 atom stereocenters. The third-order valence-electron chi connectivity index (χ3n) is 2.62. The molecule has 1 rings (SSSR count). The number of alkyl halides is 2. The lowest BCUT2D eigenvalue weighted by atomic mass is 10.1. The molecule has 0 aliphatic carbocycles. The van der Waals surface area contributed by atoms with Crippen LogP contribution in [0.1, 0.15) is 18.1 Å². The molecular formula is C11H16F2N2O2S. The molecule has 0 aliphatic rings. The van der Waals surface area contributed by atoms with Gasteiger partial charge in [-0.2, -0.15) is 13.1 Å². The van der Waals surface area contributed by atoms with Gasteiger partial charge in [-0.15, -0.1) is 0 Å². The third kappa shape index (κ3) is 3.24. The van der Waals surface area contributed by atoms with Crippen molar-refractivity contribution in [2.24, 2.45) is 5.73 Å². The van der Waals surface area contributed by atoms with Crippen LogP contribution in [0.2, 0.25) is 0 Å². The van der Waals surface area contributed by atoms with Gasteiger partial charge >= 0.3 is 5.76 Å². The summed E-state index contributed by atoms with van der Waals surface area (Å²) in [7, 11) is -4.55. The number of nitrogens with two attached hydrogens (primary N) is 1. The van der Waals surface area contributed by atoms with E-state index in [1.54, 1.807) is 24.3 Å². The van der Waals surface area contributed by atoms with Crippen LogP contribution in [-0.2, 0) is 23.1 Å². The molecule has 0 fully saturated rings. The van der Waals surface area contributed by atoms with E-state index in [4.69, 9.17) is 5.73 Å². The van der Waals surface area contributed by atoms with E-state index < -0.39 is 15.8 Å². The van der Waals surface area contributed by atoms with Gasteiger partial charge in [0.2, 0.25) is 0 Å². The SMILES string of the molecule is CCN(Cc1ccccc1CN)S(=O)(=O)C(F)F. The summed E-state index contributed by atoms with van der Waals surface area (Å²) in [6.07, 6.45) is 0. The van der Waals surface area contributed by atoms with Crippen LogP contribution in [0, 0.1) is 0 Å². The Hall–Kier alpha value is -1.05. The minimum atomic E-state index is -4.55. The highest BCUT2D eigenvalue weighted by molar-refractivity contribution is 7.89. The summed E-state index contributed by atoms with van der Waals surface area (Å²) in [5.74, 6) is -3.40. The standard InChI is InChI=1S/C11H16F2N2O2S/c1-2-15(18(16,17)11(12)13)8-10-6-4-3-5-9(10)7-14/h3-6,11H,2,7-8,14H2,1H3. The maximum absolute atomic E-state index is 12.5. The van der Waals surface area contributed by atoms with E-state index in [1.165, 1.54) is 6.92 Å². The summed E-state index contributed by atoms with van der Waals surface area (Å²) in [4.78, 5) is 0. The highest BCUT2D eigenvalue weighted by Crippen LogP contribution is 2.17. The van der Waals surface area contributed by atoms with Gasteiger partial charge in [-0.25, -0.2) is 8.42 Å². The van der Waals surface area contributed by atoms with E-state index in [9.17, 15) is 17.2 Å². The molecule has 0 saturated carbocycles. The first-order chi connectivity index (χ1) is 8.43. The van der Waals surface area contributed by atoms with Crippen LogP contribution in [0.5, 0.6) is 0 Å². The van der Waals surface area contributed by atoms with Crippen LogP contribution in [0.4, 0.5) is 8.78 Å². The van der Waals surface area contributed by atoms with Crippen molar-refractivity contribution < 1.29 is 17.2 Å². The molecule has 0 spiro atoms. The van der Waals surface area contributed by atoms with Crippen molar-refractivity contribution in [2.45, 2.75) is 25.8 Å². The van der Waals surface area contributed by atoms with Crippen molar-refractivity contribution in [3.8, 4) is 0 Å². The zero-order chi connectivity index (χ0) is 13.8. The molecule has 2 N–H and O–H groups in total. The van der Waals surface area contributed by atoms with Crippen molar-refractivity contribution in [3.05, 3.63) is 35.4 Å². The quantitative estimate of drug-likeness (QED) is 0.858. The van der Waals surface area contributed by atoms with Crippen molar-refractivity contribution in [1.82, 2.24) is 4.31 Å². The van der Waals surface area contributed by atoms with E-state index in [-0.39, 0.29) is 19.6 Å². The number of rotatable bonds is 6. The van der Waals surface area contributed by atoms with Crippen molar-refractivity contribution in [3.63, 3.8) is 0 Å². The molecule has 102 valence electrons. The highest BCUT2D eigenvalue weighted by Gasteiger charge is 2.31. The molecule has 0 amide bonds. The molecule has 1 aromatic carbocycles. The molecule has 0 heterocycles. The van der Waals surface area contributed by atoms with Crippen LogP contribution in [0.25, 0.3) is 0 Å². The van der Waals surface area contributed by atoms with Gasteiger partial charge in [-0.3, -0.25) is 0 Å². The second-order valence-corrected chi connectivity index (χ2v) is 5.61. The summed E-state index contributed by atoms with van der Waals surface area (Å²) in [5.41, 5.74) is 6.92. The van der Waals surface area contributed by atoms with Gasteiger partial charge in [0.15, 0.2) is 0 Å². The minimum absolute atomic E-state index is 0.00835. The van der Waals surface area contributed by atoms with Crippen molar-refractivity contribution >= 4 is 10.0 Å². The van der Waals surface area contributed by atoms with E-state index in [0.717, 1.165) is 9.87 Å². The number of hydrogen-bond donors (Lipinski definition) is 1. The van der Waals surface area contributed by atoms with Gasteiger partial charge in [0, 0.05) is 19.6 Å². The van der Waals surface area contributed by atoms with Gasteiger partial charge in [-0.05, 0) is 11.1 Å². The largest absolute Gasteiger partial charge is 0.350 e. The van der Waals surface area contributed by atoms with Gasteiger partial charge in [0.05, 0.1) is 0 Å². The Morgan fingerprint density at radius 1 is 1.28 bits per heavy atom. The van der Waals surface area contributed by atoms with Gasteiger partial charge in [-0.1, -0.05) is 31.2 Å². The molecular weight excluding hydrogens is 262 g/mol. The fourth-order valence-electron chi connectivity index (χ4n) is 1.60. The minimum Gasteiger partial charge on any atom is -0.326 e. The second kappa shape index (κ2) is 6.21. The molecule has 0 unspecified atom stereocenters. The van der Waals surface area contributed by atoms with Crippen molar-refractivity contribution in [1.29, 1.82) is 0 Å². The summed E-state index contributed by atoms with van der Waals surface area (Å²) in [6, 6.07) is 6.92. The normalized spacial score (nSPS) is 12.3. The average Bonchev–Trinajstić information content (AvgIpc) is 2.35. The Kier molecular flexibility index (Phi) is 5.18. The number of hydrogen-bond acceptors (Lipinski definition) is 3. The molecule has 18 heavy (non-hydrogen) atoms. The first-order valence-corrected chi connectivity index (χ1v) is 6.97. The first-order valence-electron chi connectivity index (χ1n) is 5.47. The Morgan fingerprint density at radius 3 is 2.28 bits per heavy atom. The summed E-state index contributed by atoms with van der Waals surface area (Å²) >= 11 is 0. The van der Waals surface area contributed by atoms with Crippen LogP contribution in [0.3, 0.4) is 0 Å². The topological polar surface area (TPSA) is 63.4 Å². The lowest BCUT2D eigenvalue weighted by Crippen LogP contribution is -2.35. The number of halogens is 2. The number of benzene rings is 1.